The van der Waals surface area contributed by atoms with Crippen LogP contribution in [0.3, 0.4) is 0 Å². The lowest BCUT2D eigenvalue weighted by Gasteiger charge is -2.09. The molecule has 0 unspecified atom stereocenters. The van der Waals surface area contributed by atoms with Crippen LogP contribution >= 0.6 is 11.6 Å². The van der Waals surface area contributed by atoms with Crippen molar-refractivity contribution in [1.82, 2.24) is 9.78 Å². The molecular formula is C20H18ClN3O4. The molecule has 2 aromatic carbocycles. The summed E-state index contributed by atoms with van der Waals surface area (Å²) in [7, 11) is 0. The molecule has 0 saturated heterocycles. The van der Waals surface area contributed by atoms with E-state index in [2.05, 4.69) is 10.4 Å². The number of benzene rings is 2. The van der Waals surface area contributed by atoms with Crippen LogP contribution in [0.4, 0.5) is 10.6 Å². The summed E-state index contributed by atoms with van der Waals surface area (Å²) < 4.78 is 11.7. The van der Waals surface area contributed by atoms with Gasteiger partial charge in [0.25, 0.3) is 0 Å². The SMILES string of the molecule is CCOC(=O)Cc1nn(-c2ccccc2)c(NC(=O)Oc2ccccc2)c1Cl. The molecule has 1 amide bonds. The summed E-state index contributed by atoms with van der Waals surface area (Å²) in [6.45, 7) is 1.97. The average molecular weight is 400 g/mol. The Morgan fingerprint density at radius 1 is 1.07 bits per heavy atom. The normalized spacial score (nSPS) is 10.4. The molecule has 1 aromatic heterocycles. The summed E-state index contributed by atoms with van der Waals surface area (Å²) in [6, 6.07) is 17.7. The molecule has 3 aromatic rings. The topological polar surface area (TPSA) is 82.5 Å². The van der Waals surface area contributed by atoms with E-state index in [-0.39, 0.29) is 23.9 Å². The second kappa shape index (κ2) is 9.05. The molecule has 0 saturated carbocycles. The second-order valence-electron chi connectivity index (χ2n) is 5.67. The van der Waals surface area contributed by atoms with E-state index in [9.17, 15) is 9.59 Å². The molecule has 144 valence electrons. The highest BCUT2D eigenvalue weighted by Gasteiger charge is 2.22. The summed E-state index contributed by atoms with van der Waals surface area (Å²) in [4.78, 5) is 24.2. The van der Waals surface area contributed by atoms with Gasteiger partial charge in [0.2, 0.25) is 0 Å². The number of hydrogen-bond acceptors (Lipinski definition) is 5. The number of rotatable bonds is 6. The minimum atomic E-state index is -0.729. The second-order valence-corrected chi connectivity index (χ2v) is 6.04. The molecular weight excluding hydrogens is 382 g/mol. The summed E-state index contributed by atoms with van der Waals surface area (Å²) in [5, 5.41) is 7.12. The third kappa shape index (κ3) is 4.69. The van der Waals surface area contributed by atoms with Gasteiger partial charge in [-0.1, -0.05) is 48.0 Å². The van der Waals surface area contributed by atoms with Gasteiger partial charge in [0, 0.05) is 0 Å². The van der Waals surface area contributed by atoms with Gasteiger partial charge < -0.3 is 9.47 Å². The minimum absolute atomic E-state index is 0.116. The van der Waals surface area contributed by atoms with Crippen LogP contribution in [0.15, 0.2) is 60.7 Å². The maximum Gasteiger partial charge on any atom is 0.418 e. The van der Waals surface area contributed by atoms with E-state index in [0.717, 1.165) is 0 Å². The standard InChI is InChI=1S/C20H18ClN3O4/c1-2-27-17(25)13-16-18(21)19(24(23-16)14-9-5-3-6-10-14)22-20(26)28-15-11-7-4-8-12-15/h3-12H,2,13H2,1H3,(H,22,26). The highest BCUT2D eigenvalue weighted by atomic mass is 35.5. The number of para-hydroxylation sites is 2. The first-order valence-corrected chi connectivity index (χ1v) is 8.98. The van der Waals surface area contributed by atoms with Crippen molar-refractivity contribution >= 4 is 29.5 Å². The highest BCUT2D eigenvalue weighted by molar-refractivity contribution is 6.34. The van der Waals surface area contributed by atoms with Crippen molar-refractivity contribution in [2.24, 2.45) is 0 Å². The van der Waals surface area contributed by atoms with E-state index in [0.29, 0.717) is 17.1 Å². The lowest BCUT2D eigenvalue weighted by molar-refractivity contribution is -0.142. The van der Waals surface area contributed by atoms with Gasteiger partial charge in [-0.05, 0) is 31.2 Å². The minimum Gasteiger partial charge on any atom is -0.466 e. The number of amides is 1. The Bertz CT molecular complexity index is 958. The van der Waals surface area contributed by atoms with Crippen LogP contribution in [-0.4, -0.2) is 28.4 Å². The fraction of sp³-hybridized carbons (Fsp3) is 0.150. The maximum absolute atomic E-state index is 12.3. The summed E-state index contributed by atoms with van der Waals surface area (Å²) in [5.74, 6) is 0.127. The quantitative estimate of drug-likeness (QED) is 0.627. The summed E-state index contributed by atoms with van der Waals surface area (Å²) in [5.41, 5.74) is 0.952. The van der Waals surface area contributed by atoms with Crippen molar-refractivity contribution in [3.05, 3.63) is 71.4 Å². The summed E-state index contributed by atoms with van der Waals surface area (Å²) in [6.07, 6.45) is -0.845. The number of carbonyl (C=O) groups excluding carboxylic acids is 2. The van der Waals surface area contributed by atoms with E-state index >= 15 is 0 Å². The number of anilines is 1. The monoisotopic (exact) mass is 399 g/mol. The first-order chi connectivity index (χ1) is 13.6. The Balaban J connectivity index is 1.90. The van der Waals surface area contributed by atoms with Gasteiger partial charge >= 0.3 is 12.1 Å². The van der Waals surface area contributed by atoms with E-state index in [1.54, 1.807) is 43.3 Å². The largest absolute Gasteiger partial charge is 0.466 e. The number of nitrogens with one attached hydrogen (secondary N) is 1. The third-order valence-corrected chi connectivity index (χ3v) is 4.08. The lowest BCUT2D eigenvalue weighted by Crippen LogP contribution is -2.19. The molecule has 7 nitrogen and oxygen atoms in total. The van der Waals surface area contributed by atoms with Gasteiger partial charge in [-0.25, -0.2) is 9.48 Å². The molecule has 28 heavy (non-hydrogen) atoms. The van der Waals surface area contributed by atoms with Crippen LogP contribution in [0.1, 0.15) is 12.6 Å². The molecule has 0 aliphatic heterocycles. The Kier molecular flexibility index (Phi) is 6.29. The molecule has 1 N–H and O–H groups in total. The van der Waals surface area contributed by atoms with Crippen LogP contribution in [0.5, 0.6) is 5.75 Å². The van der Waals surface area contributed by atoms with E-state index < -0.39 is 12.1 Å². The molecule has 0 aliphatic carbocycles. The van der Waals surface area contributed by atoms with Crippen molar-refractivity contribution in [3.63, 3.8) is 0 Å². The van der Waals surface area contributed by atoms with E-state index in [1.807, 2.05) is 24.3 Å². The predicted octanol–water partition coefficient (Wildman–Crippen LogP) is 4.24. The molecule has 1 heterocycles. The van der Waals surface area contributed by atoms with Gasteiger partial charge in [-0.3, -0.25) is 10.1 Å². The first kappa shape index (κ1) is 19.4. The van der Waals surface area contributed by atoms with Gasteiger partial charge in [-0.15, -0.1) is 0 Å². The average Bonchev–Trinajstić information content (AvgIpc) is 2.99. The van der Waals surface area contributed by atoms with E-state index in [1.165, 1.54) is 4.68 Å². The molecule has 0 aliphatic rings. The third-order valence-electron chi connectivity index (χ3n) is 3.69. The van der Waals surface area contributed by atoms with Crippen molar-refractivity contribution in [2.45, 2.75) is 13.3 Å². The molecule has 0 radical (unpaired) electrons. The fourth-order valence-electron chi connectivity index (χ4n) is 2.49. The number of nitrogens with zero attached hydrogens (tertiary/aromatic N) is 2. The van der Waals surface area contributed by atoms with Crippen LogP contribution < -0.4 is 10.1 Å². The number of ether oxygens (including phenoxy) is 2. The van der Waals surface area contributed by atoms with E-state index in [4.69, 9.17) is 21.1 Å². The van der Waals surface area contributed by atoms with Gasteiger partial charge in [0.1, 0.15) is 10.8 Å². The number of halogens is 1. The Morgan fingerprint density at radius 3 is 2.36 bits per heavy atom. The smallest absolute Gasteiger partial charge is 0.418 e. The Labute approximate surface area is 166 Å². The number of esters is 1. The molecule has 0 spiro atoms. The van der Waals surface area contributed by atoms with Crippen LogP contribution in [0.25, 0.3) is 5.69 Å². The first-order valence-electron chi connectivity index (χ1n) is 8.60. The Hall–Kier alpha value is -3.32. The predicted molar refractivity (Wildman–Crippen MR) is 105 cm³/mol. The summed E-state index contributed by atoms with van der Waals surface area (Å²) >= 11 is 6.41. The molecule has 0 bridgehead atoms. The molecule has 8 heteroatoms. The lowest BCUT2D eigenvalue weighted by atomic mass is 10.3. The zero-order valence-corrected chi connectivity index (χ0v) is 15.8. The number of aromatic nitrogens is 2. The maximum atomic E-state index is 12.3. The number of hydrogen-bond donors (Lipinski definition) is 1. The van der Waals surface area contributed by atoms with Crippen molar-refractivity contribution < 1.29 is 19.1 Å². The van der Waals surface area contributed by atoms with Crippen molar-refractivity contribution in [2.75, 3.05) is 11.9 Å². The van der Waals surface area contributed by atoms with Crippen molar-refractivity contribution in [1.29, 1.82) is 0 Å². The molecule has 3 rings (SSSR count). The molecule has 0 fully saturated rings. The van der Waals surface area contributed by atoms with Crippen LogP contribution in [0.2, 0.25) is 5.02 Å². The fourth-order valence-corrected chi connectivity index (χ4v) is 2.72. The highest BCUT2D eigenvalue weighted by Crippen LogP contribution is 2.29. The van der Waals surface area contributed by atoms with Crippen LogP contribution in [0, 0.1) is 0 Å². The van der Waals surface area contributed by atoms with Crippen molar-refractivity contribution in [3.8, 4) is 11.4 Å². The zero-order valence-electron chi connectivity index (χ0n) is 15.1. The zero-order chi connectivity index (χ0) is 19.9. The van der Waals surface area contributed by atoms with Gasteiger partial charge in [0.05, 0.1) is 24.4 Å². The van der Waals surface area contributed by atoms with Gasteiger partial charge in [-0.2, -0.15) is 5.10 Å². The Morgan fingerprint density at radius 2 is 1.71 bits per heavy atom. The van der Waals surface area contributed by atoms with Crippen LogP contribution in [-0.2, 0) is 16.0 Å². The number of carbonyl (C=O) groups is 2. The molecule has 0 atom stereocenters. The van der Waals surface area contributed by atoms with Gasteiger partial charge in [0.15, 0.2) is 5.82 Å².